The minimum atomic E-state index is -0.926. The first kappa shape index (κ1) is 22.1. The first-order valence-corrected chi connectivity index (χ1v) is 8.13. The third-order valence-corrected chi connectivity index (χ3v) is 3.23. The van der Waals surface area contributed by atoms with Crippen molar-refractivity contribution in [2.45, 2.75) is 31.7 Å². The fraction of sp³-hybridized carbons (Fsp3) is 0.846. The number of carbonyl (C=O) groups is 2. The highest BCUT2D eigenvalue weighted by molar-refractivity contribution is 7.92. The molecule has 0 bridgehead atoms. The van der Waals surface area contributed by atoms with E-state index in [1.165, 1.54) is 0 Å². The highest BCUT2D eigenvalue weighted by Crippen LogP contribution is 2.03. The van der Waals surface area contributed by atoms with E-state index in [4.69, 9.17) is 29.6 Å². The summed E-state index contributed by atoms with van der Waals surface area (Å²) < 4.78 is 18.8. The van der Waals surface area contributed by atoms with Crippen molar-refractivity contribution in [2.24, 2.45) is 5.73 Å². The zero-order valence-electron chi connectivity index (χ0n) is 13.1. The maximum absolute atomic E-state index is 10.4. The number of hydrogen-bond acceptors (Lipinski definition) is 8. The van der Waals surface area contributed by atoms with E-state index in [2.05, 4.69) is 4.72 Å². The van der Waals surface area contributed by atoms with Crippen molar-refractivity contribution in [3.05, 3.63) is 0 Å². The highest BCUT2D eigenvalue weighted by Gasteiger charge is 2.11. The van der Waals surface area contributed by atoms with Gasteiger partial charge in [0.15, 0.2) is 0 Å². The normalized spacial score (nSPS) is 11.0. The summed E-state index contributed by atoms with van der Waals surface area (Å²) in [6, 6.07) is -0.239. The fourth-order valence-electron chi connectivity index (χ4n) is 1.34. The molecule has 0 aliphatic heterocycles. The molecule has 0 aromatic heterocycles. The Labute approximate surface area is 140 Å². The molecule has 5 N–H and O–H groups in total. The van der Waals surface area contributed by atoms with E-state index in [0.717, 1.165) is 25.1 Å². The molecule has 10 heteroatoms. The Bertz CT molecular complexity index is 299. The first-order valence-electron chi connectivity index (χ1n) is 7.39. The minimum absolute atomic E-state index is 0.0741. The van der Waals surface area contributed by atoms with Crippen LogP contribution in [0.1, 0.15) is 25.7 Å². The van der Waals surface area contributed by atoms with E-state index in [1.54, 1.807) is 0 Å². The predicted octanol–water partition coefficient (Wildman–Crippen LogP) is 0.246. The predicted molar refractivity (Wildman–Crippen MR) is 84.9 cm³/mol. The Morgan fingerprint density at radius 3 is 2.04 bits per heavy atom. The summed E-state index contributed by atoms with van der Waals surface area (Å²) in [5.74, 6) is -1.85. The van der Waals surface area contributed by atoms with Gasteiger partial charge >= 0.3 is 11.9 Å². The van der Waals surface area contributed by atoms with E-state index >= 15 is 0 Å². The zero-order chi connectivity index (χ0) is 17.3. The SMILES string of the molecule is NCCCCOSNC(COCCC(=O)O)COCCC(=O)O. The van der Waals surface area contributed by atoms with Gasteiger partial charge in [-0.25, -0.2) is 4.72 Å². The third-order valence-electron chi connectivity index (χ3n) is 2.51. The molecule has 0 amide bonds. The third kappa shape index (κ3) is 17.3. The second kappa shape index (κ2) is 16.0. The summed E-state index contributed by atoms with van der Waals surface area (Å²) >= 11 is 1.06. The number of nitrogens with two attached hydrogens (primary N) is 1. The quantitative estimate of drug-likeness (QED) is 0.163. The Kier molecular flexibility index (Phi) is 15.3. The van der Waals surface area contributed by atoms with Crippen molar-refractivity contribution < 1.29 is 33.5 Å². The molecular weight excluding hydrogens is 328 g/mol. The van der Waals surface area contributed by atoms with Gasteiger partial charge in [-0.2, -0.15) is 0 Å². The molecule has 0 unspecified atom stereocenters. The van der Waals surface area contributed by atoms with Gasteiger partial charge in [-0.15, -0.1) is 0 Å². The molecule has 0 spiro atoms. The van der Waals surface area contributed by atoms with Crippen molar-refractivity contribution in [3.8, 4) is 0 Å². The van der Waals surface area contributed by atoms with Crippen LogP contribution in [-0.4, -0.2) is 67.8 Å². The van der Waals surface area contributed by atoms with Gasteiger partial charge in [-0.1, -0.05) is 0 Å². The Morgan fingerprint density at radius 1 is 1.00 bits per heavy atom. The van der Waals surface area contributed by atoms with Gasteiger partial charge in [-0.3, -0.25) is 9.59 Å². The van der Waals surface area contributed by atoms with Gasteiger partial charge in [-0.05, 0) is 19.4 Å². The molecule has 0 rings (SSSR count). The highest BCUT2D eigenvalue weighted by atomic mass is 32.2. The number of carboxylic acids is 2. The van der Waals surface area contributed by atoms with Crippen molar-refractivity contribution in [3.63, 3.8) is 0 Å². The van der Waals surface area contributed by atoms with Gasteiger partial charge in [0.2, 0.25) is 0 Å². The zero-order valence-corrected chi connectivity index (χ0v) is 13.9. The molecule has 0 saturated heterocycles. The van der Waals surface area contributed by atoms with Crippen molar-refractivity contribution in [1.29, 1.82) is 0 Å². The lowest BCUT2D eigenvalue weighted by molar-refractivity contribution is -0.139. The summed E-state index contributed by atoms with van der Waals surface area (Å²) in [5, 5.41) is 17.1. The first-order chi connectivity index (χ1) is 11.1. The summed E-state index contributed by atoms with van der Waals surface area (Å²) in [6.07, 6.45) is 1.60. The number of hydrogen-bond donors (Lipinski definition) is 4. The molecular formula is C13H26N2O7S. The number of nitrogens with one attached hydrogen (secondary N) is 1. The summed E-state index contributed by atoms with van der Waals surface area (Å²) in [7, 11) is 0. The molecule has 0 aliphatic rings. The van der Waals surface area contributed by atoms with Gasteiger partial charge in [0.25, 0.3) is 0 Å². The van der Waals surface area contributed by atoms with Crippen molar-refractivity contribution in [1.82, 2.24) is 4.72 Å². The maximum atomic E-state index is 10.4. The smallest absolute Gasteiger partial charge is 0.305 e. The van der Waals surface area contributed by atoms with Crippen LogP contribution in [0.15, 0.2) is 0 Å². The molecule has 0 fully saturated rings. The second-order valence-corrected chi connectivity index (χ2v) is 5.29. The molecule has 0 radical (unpaired) electrons. The van der Waals surface area contributed by atoms with E-state index in [9.17, 15) is 9.59 Å². The van der Waals surface area contributed by atoms with Crippen LogP contribution in [0.25, 0.3) is 0 Å². The van der Waals surface area contributed by atoms with Crippen molar-refractivity contribution in [2.75, 3.05) is 39.6 Å². The lowest BCUT2D eigenvalue weighted by Crippen LogP contribution is -2.34. The fourth-order valence-corrected chi connectivity index (χ4v) is 1.88. The molecule has 9 nitrogen and oxygen atoms in total. The number of aliphatic carboxylic acids is 2. The van der Waals surface area contributed by atoms with E-state index in [1.807, 2.05) is 0 Å². The summed E-state index contributed by atoms with van der Waals surface area (Å²) in [6.45, 7) is 1.86. The summed E-state index contributed by atoms with van der Waals surface area (Å²) in [4.78, 5) is 20.8. The molecule has 0 heterocycles. The standard InChI is InChI=1S/C13H26N2O7S/c14-5-1-2-6-22-23-15-11(9-20-7-3-12(16)17)10-21-8-4-13(18)19/h11,15H,1-10,14H2,(H,16,17)(H,18,19). The molecule has 0 atom stereocenters. The van der Waals surface area contributed by atoms with Crippen LogP contribution in [-0.2, 0) is 23.2 Å². The van der Waals surface area contributed by atoms with E-state index < -0.39 is 11.9 Å². The average molecular weight is 354 g/mol. The van der Waals surface area contributed by atoms with E-state index in [0.29, 0.717) is 13.2 Å². The van der Waals surface area contributed by atoms with Crippen molar-refractivity contribution >= 4 is 24.2 Å². The van der Waals surface area contributed by atoms with Crippen LogP contribution >= 0.6 is 12.2 Å². The van der Waals surface area contributed by atoms with Crippen LogP contribution in [0, 0.1) is 0 Å². The second-order valence-electron chi connectivity index (χ2n) is 4.65. The monoisotopic (exact) mass is 354 g/mol. The molecule has 0 aromatic carbocycles. The molecule has 136 valence electrons. The Morgan fingerprint density at radius 2 is 1.57 bits per heavy atom. The van der Waals surface area contributed by atoms with Crippen LogP contribution < -0.4 is 10.5 Å². The summed E-state index contributed by atoms with van der Waals surface area (Å²) in [5.41, 5.74) is 5.38. The van der Waals surface area contributed by atoms with Gasteiger partial charge in [0.05, 0.1) is 64.1 Å². The molecule has 23 heavy (non-hydrogen) atoms. The molecule has 0 aliphatic carbocycles. The molecule has 0 aromatic rings. The number of carboxylic acid groups (broad SMARTS) is 2. The topological polar surface area (TPSA) is 140 Å². The number of rotatable bonds is 17. The van der Waals surface area contributed by atoms with Crippen LogP contribution in [0.2, 0.25) is 0 Å². The maximum Gasteiger partial charge on any atom is 0.305 e. The minimum Gasteiger partial charge on any atom is -0.481 e. The van der Waals surface area contributed by atoms with Gasteiger partial charge < -0.3 is 29.6 Å². The van der Waals surface area contributed by atoms with Crippen LogP contribution in [0.5, 0.6) is 0 Å². The van der Waals surface area contributed by atoms with Crippen LogP contribution in [0.4, 0.5) is 0 Å². The molecule has 0 saturated carbocycles. The largest absolute Gasteiger partial charge is 0.481 e. The van der Waals surface area contributed by atoms with Gasteiger partial charge in [0.1, 0.15) is 0 Å². The number of unbranched alkanes of at least 4 members (excludes halogenated alkanes) is 1. The van der Waals surface area contributed by atoms with Gasteiger partial charge in [0, 0.05) is 0 Å². The average Bonchev–Trinajstić information content (AvgIpc) is 2.50. The lowest BCUT2D eigenvalue weighted by Gasteiger charge is -2.17. The Hall–Kier alpha value is -0.910. The Balaban J connectivity index is 3.85. The number of ether oxygens (including phenoxy) is 2. The lowest BCUT2D eigenvalue weighted by atomic mass is 10.3. The van der Waals surface area contributed by atoms with E-state index in [-0.39, 0.29) is 45.3 Å². The van der Waals surface area contributed by atoms with Crippen LogP contribution in [0.3, 0.4) is 0 Å².